The van der Waals surface area contributed by atoms with Crippen LogP contribution in [-0.2, 0) is 6.54 Å². The fourth-order valence-electron chi connectivity index (χ4n) is 3.57. The molecule has 0 saturated heterocycles. The van der Waals surface area contributed by atoms with E-state index in [2.05, 4.69) is 27.4 Å². The van der Waals surface area contributed by atoms with Crippen LogP contribution in [0.5, 0.6) is 5.75 Å². The van der Waals surface area contributed by atoms with Crippen LogP contribution in [0.4, 0.5) is 5.13 Å². The van der Waals surface area contributed by atoms with Gasteiger partial charge in [-0.15, -0.1) is 12.4 Å². The van der Waals surface area contributed by atoms with Crippen molar-refractivity contribution < 1.29 is 9.53 Å². The van der Waals surface area contributed by atoms with Gasteiger partial charge in [0.15, 0.2) is 5.13 Å². The van der Waals surface area contributed by atoms with Crippen LogP contribution in [0.25, 0.3) is 21.3 Å². The second kappa shape index (κ2) is 9.85. The highest BCUT2D eigenvalue weighted by Gasteiger charge is 2.16. The minimum atomic E-state index is -0.196. The summed E-state index contributed by atoms with van der Waals surface area (Å²) < 4.78 is 8.46. The zero-order valence-electron chi connectivity index (χ0n) is 17.8. The first kappa shape index (κ1) is 22.5. The number of aromatic nitrogens is 3. The van der Waals surface area contributed by atoms with Crippen molar-refractivity contribution in [2.24, 2.45) is 0 Å². The number of hydrogen-bond acceptors (Lipinski definition) is 5. The molecule has 8 heteroatoms. The molecular formula is C25H21ClN4O2S. The van der Waals surface area contributed by atoms with Crippen molar-refractivity contribution in [1.82, 2.24) is 14.5 Å². The topological polar surface area (TPSA) is 69.0 Å². The van der Waals surface area contributed by atoms with Crippen LogP contribution in [0.15, 0.2) is 85.5 Å². The number of ether oxygens (including phenoxy) is 1. The Kier molecular flexibility index (Phi) is 6.72. The van der Waals surface area contributed by atoms with E-state index in [9.17, 15) is 4.79 Å². The molecule has 2 aromatic heterocycles. The summed E-state index contributed by atoms with van der Waals surface area (Å²) in [7, 11) is 1.62. The maximum absolute atomic E-state index is 12.8. The van der Waals surface area contributed by atoms with E-state index in [1.807, 2.05) is 65.4 Å². The summed E-state index contributed by atoms with van der Waals surface area (Å²) in [6.45, 7) is 0.710. The normalized spacial score (nSPS) is 10.6. The van der Waals surface area contributed by atoms with Crippen LogP contribution in [0, 0.1) is 0 Å². The summed E-state index contributed by atoms with van der Waals surface area (Å²) in [4.78, 5) is 21.5. The molecule has 0 aliphatic carbocycles. The molecule has 5 rings (SSSR count). The second-order valence-corrected chi connectivity index (χ2v) is 8.26. The molecule has 3 aromatic carbocycles. The first-order chi connectivity index (χ1) is 15.7. The zero-order valence-corrected chi connectivity index (χ0v) is 19.4. The Balaban J connectivity index is 0.00000259. The van der Waals surface area contributed by atoms with Crippen molar-refractivity contribution in [3.8, 4) is 16.9 Å². The summed E-state index contributed by atoms with van der Waals surface area (Å²) in [5.74, 6) is 0.485. The highest BCUT2D eigenvalue weighted by molar-refractivity contribution is 7.23. The van der Waals surface area contributed by atoms with E-state index in [4.69, 9.17) is 4.74 Å². The Morgan fingerprint density at radius 2 is 1.85 bits per heavy atom. The maximum Gasteiger partial charge on any atom is 0.257 e. The number of anilines is 1. The average molecular weight is 477 g/mol. The molecule has 0 atom stereocenters. The summed E-state index contributed by atoms with van der Waals surface area (Å²) in [6, 6.07) is 21.6. The third kappa shape index (κ3) is 4.74. The van der Waals surface area contributed by atoms with Gasteiger partial charge in [-0.2, -0.15) is 0 Å². The average Bonchev–Trinajstić information content (AvgIpc) is 3.49. The fraction of sp³-hybridized carbons (Fsp3) is 0.0800. The van der Waals surface area contributed by atoms with Crippen LogP contribution in [0.1, 0.15) is 15.9 Å². The molecule has 0 spiro atoms. The number of imidazole rings is 1. The fourth-order valence-corrected chi connectivity index (χ4v) is 4.58. The molecule has 0 bridgehead atoms. The lowest BCUT2D eigenvalue weighted by Gasteiger charge is -2.05. The van der Waals surface area contributed by atoms with Crippen molar-refractivity contribution in [1.29, 1.82) is 0 Å². The van der Waals surface area contributed by atoms with E-state index in [1.54, 1.807) is 19.6 Å². The Labute approximate surface area is 201 Å². The highest BCUT2D eigenvalue weighted by Crippen LogP contribution is 2.39. The van der Waals surface area contributed by atoms with Gasteiger partial charge in [0.05, 0.1) is 18.1 Å². The predicted octanol–water partition coefficient (Wildman–Crippen LogP) is 5.89. The molecule has 2 heterocycles. The summed E-state index contributed by atoms with van der Waals surface area (Å²) in [6.07, 6.45) is 5.43. The first-order valence-electron chi connectivity index (χ1n) is 10.1. The maximum atomic E-state index is 12.8. The molecule has 1 amide bonds. The van der Waals surface area contributed by atoms with E-state index < -0.39 is 0 Å². The molecule has 0 aliphatic heterocycles. The van der Waals surface area contributed by atoms with E-state index in [-0.39, 0.29) is 18.3 Å². The third-order valence-electron chi connectivity index (χ3n) is 5.17. The standard InChI is InChI=1S/C25H20N4O2S.ClH/c1-31-21-12-11-20(18-5-3-2-4-6-18)23-22(21)27-25(32-23)28-24(30)19-9-7-17(8-10-19)15-29-14-13-26-16-29;/h2-14,16H,15H2,1H3,(H,27,28,30);1H. The molecule has 166 valence electrons. The molecule has 0 unspecified atom stereocenters. The van der Waals surface area contributed by atoms with E-state index in [1.165, 1.54) is 11.3 Å². The molecule has 6 nitrogen and oxygen atoms in total. The Morgan fingerprint density at radius 1 is 1.06 bits per heavy atom. The van der Waals surface area contributed by atoms with Crippen LogP contribution in [-0.4, -0.2) is 27.6 Å². The quantitative estimate of drug-likeness (QED) is 0.331. The van der Waals surface area contributed by atoms with Gasteiger partial charge in [0.25, 0.3) is 5.91 Å². The molecule has 0 aliphatic rings. The van der Waals surface area contributed by atoms with E-state index in [0.717, 1.165) is 26.9 Å². The molecule has 33 heavy (non-hydrogen) atoms. The van der Waals surface area contributed by atoms with Gasteiger partial charge in [-0.1, -0.05) is 53.8 Å². The number of nitrogens with zero attached hydrogens (tertiary/aromatic N) is 3. The highest BCUT2D eigenvalue weighted by atomic mass is 35.5. The lowest BCUT2D eigenvalue weighted by Crippen LogP contribution is -2.11. The third-order valence-corrected chi connectivity index (χ3v) is 6.18. The van der Waals surface area contributed by atoms with Crippen molar-refractivity contribution in [3.05, 3.63) is 96.6 Å². The number of carbonyl (C=O) groups is 1. The molecule has 0 fully saturated rings. The molecule has 5 aromatic rings. The number of amides is 1. The SMILES string of the molecule is COc1ccc(-c2ccccc2)c2sc(NC(=O)c3ccc(Cn4ccnc4)cc3)nc12.Cl. The predicted molar refractivity (Wildman–Crippen MR) is 135 cm³/mol. The largest absolute Gasteiger partial charge is 0.494 e. The number of methoxy groups -OCH3 is 1. The Morgan fingerprint density at radius 3 is 2.55 bits per heavy atom. The van der Waals surface area contributed by atoms with Crippen molar-refractivity contribution in [2.45, 2.75) is 6.54 Å². The van der Waals surface area contributed by atoms with Crippen LogP contribution in [0.3, 0.4) is 0 Å². The van der Waals surface area contributed by atoms with Gasteiger partial charge in [-0.3, -0.25) is 10.1 Å². The lowest BCUT2D eigenvalue weighted by atomic mass is 10.1. The van der Waals surface area contributed by atoms with Crippen molar-refractivity contribution in [3.63, 3.8) is 0 Å². The summed E-state index contributed by atoms with van der Waals surface area (Å²) >= 11 is 1.44. The minimum Gasteiger partial charge on any atom is -0.494 e. The minimum absolute atomic E-state index is 0. The summed E-state index contributed by atoms with van der Waals surface area (Å²) in [5.41, 5.74) is 4.56. The van der Waals surface area contributed by atoms with Gasteiger partial charge in [0.2, 0.25) is 0 Å². The Bertz CT molecular complexity index is 1370. The number of fused-ring (bicyclic) bond motifs is 1. The number of thiazole rings is 1. The lowest BCUT2D eigenvalue weighted by molar-refractivity contribution is 0.102. The molecule has 0 saturated carbocycles. The van der Waals surface area contributed by atoms with Crippen LogP contribution < -0.4 is 10.1 Å². The van der Waals surface area contributed by atoms with Crippen molar-refractivity contribution in [2.75, 3.05) is 12.4 Å². The van der Waals surface area contributed by atoms with Crippen LogP contribution >= 0.6 is 23.7 Å². The monoisotopic (exact) mass is 476 g/mol. The van der Waals surface area contributed by atoms with Gasteiger partial charge in [-0.05, 0) is 35.4 Å². The van der Waals surface area contributed by atoms with Crippen LogP contribution in [0.2, 0.25) is 0 Å². The van der Waals surface area contributed by atoms with Crippen molar-refractivity contribution >= 4 is 45.0 Å². The second-order valence-electron chi connectivity index (χ2n) is 7.26. The molecular weight excluding hydrogens is 456 g/mol. The number of hydrogen-bond donors (Lipinski definition) is 1. The van der Waals surface area contributed by atoms with Gasteiger partial charge >= 0.3 is 0 Å². The Hall–Kier alpha value is -3.68. The number of nitrogens with one attached hydrogen (secondary N) is 1. The number of halogens is 1. The van der Waals surface area contributed by atoms with Gasteiger partial charge in [-0.25, -0.2) is 9.97 Å². The zero-order chi connectivity index (χ0) is 21.9. The molecule has 1 N–H and O–H groups in total. The smallest absolute Gasteiger partial charge is 0.257 e. The number of benzene rings is 3. The first-order valence-corrected chi connectivity index (χ1v) is 10.9. The summed E-state index contributed by atoms with van der Waals surface area (Å²) in [5, 5.41) is 3.48. The molecule has 0 radical (unpaired) electrons. The van der Waals surface area contributed by atoms with E-state index in [0.29, 0.717) is 23.0 Å². The van der Waals surface area contributed by atoms with E-state index >= 15 is 0 Å². The van der Waals surface area contributed by atoms with Gasteiger partial charge in [0.1, 0.15) is 11.3 Å². The number of rotatable bonds is 6. The van der Waals surface area contributed by atoms with Gasteiger partial charge in [0, 0.05) is 30.1 Å². The van der Waals surface area contributed by atoms with Gasteiger partial charge < -0.3 is 9.30 Å². The number of carbonyl (C=O) groups excluding carboxylic acids is 1.